The fraction of sp³-hybridized carbons (Fsp3) is 0.545. The largest absolute Gasteiger partial charge is 0.325 e. The lowest BCUT2D eigenvalue weighted by molar-refractivity contribution is 0.390. The van der Waals surface area contributed by atoms with E-state index in [9.17, 15) is 0 Å². The molecule has 2 nitrogen and oxygen atoms in total. The molecule has 1 aromatic heterocycles. The Labute approximate surface area is 93.0 Å². The van der Waals surface area contributed by atoms with Crippen LogP contribution < -0.4 is 5.73 Å². The molecule has 1 aromatic rings. The molecule has 0 saturated heterocycles. The zero-order chi connectivity index (χ0) is 10.4. The number of hydrogen-bond donors (Lipinski definition) is 1. The highest BCUT2D eigenvalue weighted by molar-refractivity contribution is 9.10. The third-order valence-electron chi connectivity index (χ3n) is 3.26. The maximum Gasteiger partial charge on any atom is 0.106 e. The van der Waals surface area contributed by atoms with Crippen LogP contribution in [0.4, 0.5) is 0 Å². The van der Waals surface area contributed by atoms with Gasteiger partial charge in [-0.25, -0.2) is 4.98 Å². The summed E-state index contributed by atoms with van der Waals surface area (Å²) < 4.78 is 0.881. The molecule has 2 N–H and O–H groups in total. The van der Waals surface area contributed by atoms with Gasteiger partial charge in [0.15, 0.2) is 0 Å². The Morgan fingerprint density at radius 1 is 1.43 bits per heavy atom. The molecule has 2 rings (SSSR count). The van der Waals surface area contributed by atoms with E-state index in [1.54, 1.807) is 0 Å². The molecule has 1 heterocycles. The van der Waals surface area contributed by atoms with Crippen LogP contribution in [-0.2, 0) is 5.41 Å². The maximum absolute atomic E-state index is 6.21. The first-order valence-corrected chi connectivity index (χ1v) is 5.66. The van der Waals surface area contributed by atoms with Crippen molar-refractivity contribution in [2.45, 2.75) is 37.6 Å². The van der Waals surface area contributed by atoms with Crippen LogP contribution in [0.25, 0.3) is 0 Å². The summed E-state index contributed by atoms with van der Waals surface area (Å²) in [6, 6.07) is 4.11. The fourth-order valence-corrected chi connectivity index (χ4v) is 2.32. The Kier molecular flexibility index (Phi) is 2.20. The molecule has 1 aliphatic carbocycles. The van der Waals surface area contributed by atoms with Gasteiger partial charge in [-0.15, -0.1) is 0 Å². The molecule has 0 amide bonds. The molecule has 0 radical (unpaired) electrons. The molecule has 1 saturated carbocycles. The summed E-state index contributed by atoms with van der Waals surface area (Å²) >= 11 is 3.34. The highest BCUT2D eigenvalue weighted by atomic mass is 79.9. The van der Waals surface area contributed by atoms with E-state index in [1.165, 1.54) is 18.4 Å². The molecule has 0 bridgehead atoms. The topological polar surface area (TPSA) is 38.9 Å². The molecular weight excluding hydrogens is 240 g/mol. The minimum Gasteiger partial charge on any atom is -0.325 e. The zero-order valence-corrected chi connectivity index (χ0v) is 10.1. The van der Waals surface area contributed by atoms with Gasteiger partial charge >= 0.3 is 0 Å². The van der Waals surface area contributed by atoms with Gasteiger partial charge in [0.25, 0.3) is 0 Å². The summed E-state index contributed by atoms with van der Waals surface area (Å²) in [5, 5.41) is 0. The van der Waals surface area contributed by atoms with Crippen molar-refractivity contribution in [1.82, 2.24) is 4.98 Å². The Morgan fingerprint density at radius 3 is 2.43 bits per heavy atom. The van der Waals surface area contributed by atoms with E-state index in [-0.39, 0.29) is 11.0 Å². The van der Waals surface area contributed by atoms with E-state index in [2.05, 4.69) is 40.8 Å². The van der Waals surface area contributed by atoms with Gasteiger partial charge in [-0.1, -0.05) is 6.07 Å². The molecule has 1 fully saturated rings. The van der Waals surface area contributed by atoms with Crippen molar-refractivity contribution >= 4 is 15.9 Å². The van der Waals surface area contributed by atoms with E-state index < -0.39 is 0 Å². The van der Waals surface area contributed by atoms with Crippen LogP contribution in [-0.4, -0.2) is 10.5 Å². The normalized spacial score (nSPS) is 19.4. The minimum atomic E-state index is -0.150. The second kappa shape index (κ2) is 3.04. The summed E-state index contributed by atoms with van der Waals surface area (Å²) in [4.78, 5) is 4.26. The molecule has 76 valence electrons. The zero-order valence-electron chi connectivity index (χ0n) is 8.55. The van der Waals surface area contributed by atoms with Crippen LogP contribution in [0, 0.1) is 0 Å². The van der Waals surface area contributed by atoms with Crippen LogP contribution in [0.3, 0.4) is 0 Å². The van der Waals surface area contributed by atoms with Gasteiger partial charge in [0.2, 0.25) is 0 Å². The van der Waals surface area contributed by atoms with Gasteiger partial charge in [-0.3, -0.25) is 0 Å². The lowest BCUT2D eigenvalue weighted by atomic mass is 9.80. The molecule has 0 atom stereocenters. The summed E-state index contributed by atoms with van der Waals surface area (Å²) in [6.07, 6.45) is 4.30. The van der Waals surface area contributed by atoms with Crippen LogP contribution >= 0.6 is 15.9 Å². The second-order valence-electron chi connectivity index (χ2n) is 4.67. The Hall–Kier alpha value is -0.410. The van der Waals surface area contributed by atoms with Crippen molar-refractivity contribution in [2.24, 2.45) is 5.73 Å². The third-order valence-corrected chi connectivity index (χ3v) is 3.73. The lowest BCUT2D eigenvalue weighted by Gasteiger charge is -2.30. The molecule has 1 aliphatic rings. The molecule has 14 heavy (non-hydrogen) atoms. The van der Waals surface area contributed by atoms with Gasteiger partial charge in [0, 0.05) is 17.2 Å². The number of aromatic nitrogens is 1. The average molecular weight is 255 g/mol. The number of pyridine rings is 1. The van der Waals surface area contributed by atoms with Crippen molar-refractivity contribution in [2.75, 3.05) is 0 Å². The standard InChI is InChI=1S/C11H15BrN2/c1-10(2,13)11(5-6-11)8-3-4-9(12)14-7-8/h3-4,7H,5-6,13H2,1-2H3. The summed E-state index contributed by atoms with van der Waals surface area (Å²) in [5.41, 5.74) is 7.49. The molecule has 0 spiro atoms. The van der Waals surface area contributed by atoms with Crippen molar-refractivity contribution < 1.29 is 0 Å². The average Bonchev–Trinajstić information content (AvgIpc) is 2.84. The lowest BCUT2D eigenvalue weighted by Crippen LogP contribution is -2.45. The van der Waals surface area contributed by atoms with E-state index in [0.717, 1.165) is 4.60 Å². The van der Waals surface area contributed by atoms with Crippen LogP contribution in [0.1, 0.15) is 32.3 Å². The second-order valence-corrected chi connectivity index (χ2v) is 5.49. The number of nitrogens with two attached hydrogens (primary N) is 1. The smallest absolute Gasteiger partial charge is 0.106 e. The SMILES string of the molecule is CC(C)(N)C1(c2ccc(Br)nc2)CC1. The van der Waals surface area contributed by atoms with Gasteiger partial charge < -0.3 is 5.73 Å². The summed E-state index contributed by atoms with van der Waals surface area (Å²) in [6.45, 7) is 4.20. The molecular formula is C11H15BrN2. The molecule has 0 aliphatic heterocycles. The van der Waals surface area contributed by atoms with Crippen LogP contribution in [0.2, 0.25) is 0 Å². The van der Waals surface area contributed by atoms with Crippen LogP contribution in [0.5, 0.6) is 0 Å². The van der Waals surface area contributed by atoms with E-state index in [4.69, 9.17) is 5.73 Å². The van der Waals surface area contributed by atoms with Gasteiger partial charge in [-0.2, -0.15) is 0 Å². The molecule has 0 aromatic carbocycles. The third kappa shape index (κ3) is 1.48. The Morgan fingerprint density at radius 2 is 2.07 bits per heavy atom. The summed E-state index contributed by atoms with van der Waals surface area (Å²) in [5.74, 6) is 0. The predicted molar refractivity (Wildman–Crippen MR) is 61.1 cm³/mol. The maximum atomic E-state index is 6.21. The number of hydrogen-bond acceptors (Lipinski definition) is 2. The number of rotatable bonds is 2. The van der Waals surface area contributed by atoms with Crippen molar-refractivity contribution in [1.29, 1.82) is 0 Å². The van der Waals surface area contributed by atoms with Crippen molar-refractivity contribution in [3.8, 4) is 0 Å². The van der Waals surface area contributed by atoms with E-state index in [0.29, 0.717) is 0 Å². The highest BCUT2D eigenvalue weighted by Gasteiger charge is 2.53. The first-order chi connectivity index (χ1) is 6.46. The Balaban J connectivity index is 2.36. The first kappa shape index (κ1) is 10.1. The van der Waals surface area contributed by atoms with Crippen molar-refractivity contribution in [3.63, 3.8) is 0 Å². The fourth-order valence-electron chi connectivity index (χ4n) is 2.09. The molecule has 0 unspecified atom stereocenters. The Bertz CT molecular complexity index is 333. The van der Waals surface area contributed by atoms with E-state index in [1.807, 2.05) is 12.3 Å². The van der Waals surface area contributed by atoms with Gasteiger partial charge in [0.1, 0.15) is 4.60 Å². The first-order valence-electron chi connectivity index (χ1n) is 4.87. The molecule has 3 heteroatoms. The highest BCUT2D eigenvalue weighted by Crippen LogP contribution is 2.54. The monoisotopic (exact) mass is 254 g/mol. The van der Waals surface area contributed by atoms with E-state index >= 15 is 0 Å². The van der Waals surface area contributed by atoms with Crippen LogP contribution in [0.15, 0.2) is 22.9 Å². The number of nitrogens with zero attached hydrogens (tertiary/aromatic N) is 1. The van der Waals surface area contributed by atoms with Gasteiger partial charge in [-0.05, 0) is 54.2 Å². The van der Waals surface area contributed by atoms with Crippen molar-refractivity contribution in [3.05, 3.63) is 28.5 Å². The quantitative estimate of drug-likeness (QED) is 0.825. The van der Waals surface area contributed by atoms with Gasteiger partial charge in [0.05, 0.1) is 0 Å². The minimum absolute atomic E-state index is 0.150. The predicted octanol–water partition coefficient (Wildman–Crippen LogP) is 2.61. The number of halogens is 1. The summed E-state index contributed by atoms with van der Waals surface area (Å²) in [7, 11) is 0.